The molecule has 1 saturated carbocycles. The van der Waals surface area contributed by atoms with Gasteiger partial charge in [-0.2, -0.15) is 8.78 Å². The minimum absolute atomic E-state index is 0.0332. The number of hydrogen-bond donors (Lipinski definition) is 4. The summed E-state index contributed by atoms with van der Waals surface area (Å²) in [5.41, 5.74) is -0.551. The zero-order valence-corrected chi connectivity index (χ0v) is 27.4. The standard InChI is InChI=1S/C33H40ClF2N5O7/c1-3-4-8-25(41-32(46)48-28(20-11-14-37-15-12-20)33(35,36)22-6-5-7-23(34)18-22)30(44)40-26(17-21-13-16-38-29(21)43)27(47-19(2)42)31(45)39-24-9-10-24/h5-7,11-12,14-15,18,21,24-28H,3-4,8-10,13,16-17H2,1-2H3,(H,38,43)(H,39,45)(H,40,44)(H,41,46)/t21-,25-,26-,27?,28?/m0/s1. The molecule has 1 aliphatic carbocycles. The Morgan fingerprint density at radius 2 is 1.79 bits per heavy atom. The van der Waals surface area contributed by atoms with Crippen molar-refractivity contribution in [3.63, 3.8) is 0 Å². The third-order valence-electron chi connectivity index (χ3n) is 8.10. The van der Waals surface area contributed by atoms with E-state index in [0.29, 0.717) is 25.8 Å². The molecule has 48 heavy (non-hydrogen) atoms. The lowest BCUT2D eigenvalue weighted by Crippen LogP contribution is -2.57. The van der Waals surface area contributed by atoms with Crippen LogP contribution in [0.25, 0.3) is 0 Å². The Morgan fingerprint density at radius 3 is 2.40 bits per heavy atom. The van der Waals surface area contributed by atoms with Gasteiger partial charge in [0, 0.05) is 54.0 Å². The van der Waals surface area contributed by atoms with E-state index in [1.807, 2.05) is 6.92 Å². The molecule has 260 valence electrons. The van der Waals surface area contributed by atoms with Crippen molar-refractivity contribution in [2.45, 2.75) is 95.0 Å². The van der Waals surface area contributed by atoms with Crippen LogP contribution in [-0.4, -0.2) is 65.5 Å². The van der Waals surface area contributed by atoms with Gasteiger partial charge in [-0.15, -0.1) is 0 Å². The average molecular weight is 692 g/mol. The molecule has 4 N–H and O–H groups in total. The molecule has 2 unspecified atom stereocenters. The molecule has 0 spiro atoms. The summed E-state index contributed by atoms with van der Waals surface area (Å²) in [6, 6.07) is 5.04. The van der Waals surface area contributed by atoms with Gasteiger partial charge in [0.1, 0.15) is 6.04 Å². The summed E-state index contributed by atoms with van der Waals surface area (Å²) in [6.45, 7) is 3.39. The maximum Gasteiger partial charge on any atom is 0.408 e. The highest BCUT2D eigenvalue weighted by Crippen LogP contribution is 2.43. The van der Waals surface area contributed by atoms with Gasteiger partial charge in [0.05, 0.1) is 6.04 Å². The van der Waals surface area contributed by atoms with Crippen molar-refractivity contribution >= 4 is 41.4 Å². The maximum atomic E-state index is 15.9. The maximum absolute atomic E-state index is 15.9. The van der Waals surface area contributed by atoms with Crippen molar-refractivity contribution in [2.24, 2.45) is 5.92 Å². The number of unbranched alkanes of at least 4 members (excludes halogenated alkanes) is 1. The van der Waals surface area contributed by atoms with Crippen LogP contribution in [0.4, 0.5) is 13.6 Å². The Hall–Kier alpha value is -4.33. The van der Waals surface area contributed by atoms with Gasteiger partial charge < -0.3 is 30.7 Å². The first-order valence-corrected chi connectivity index (χ1v) is 16.3. The minimum atomic E-state index is -3.75. The van der Waals surface area contributed by atoms with Crippen molar-refractivity contribution in [3.05, 3.63) is 64.9 Å². The molecule has 2 aromatic rings. The van der Waals surface area contributed by atoms with Gasteiger partial charge in [0.25, 0.3) is 5.91 Å². The summed E-state index contributed by atoms with van der Waals surface area (Å²) in [5.74, 6) is -6.77. The normalized spacial score (nSPS) is 18.4. The number of carbonyl (C=O) groups excluding carboxylic acids is 5. The summed E-state index contributed by atoms with van der Waals surface area (Å²) in [5, 5.41) is 10.7. The van der Waals surface area contributed by atoms with Crippen LogP contribution in [0.2, 0.25) is 5.02 Å². The van der Waals surface area contributed by atoms with Crippen molar-refractivity contribution in [2.75, 3.05) is 6.54 Å². The minimum Gasteiger partial charge on any atom is -0.450 e. The highest BCUT2D eigenvalue weighted by atomic mass is 35.5. The SMILES string of the molecule is CCCC[C@H](NC(=O)OC(c1ccncc1)C(F)(F)c1cccc(Cl)c1)C(=O)N[C@@H](C[C@@H]1CCNC1=O)C(OC(C)=O)C(=O)NC1CC1. The Balaban J connectivity index is 1.57. The molecule has 1 saturated heterocycles. The lowest BCUT2D eigenvalue weighted by atomic mass is 9.93. The monoisotopic (exact) mass is 691 g/mol. The fourth-order valence-corrected chi connectivity index (χ4v) is 5.61. The fraction of sp³-hybridized carbons (Fsp3) is 0.515. The van der Waals surface area contributed by atoms with Crippen molar-refractivity contribution in [3.8, 4) is 0 Å². The van der Waals surface area contributed by atoms with Crippen molar-refractivity contribution < 1.29 is 42.2 Å². The third kappa shape index (κ3) is 10.1. The third-order valence-corrected chi connectivity index (χ3v) is 8.33. The molecule has 2 heterocycles. The predicted octanol–water partition coefficient (Wildman–Crippen LogP) is 4.07. The molecule has 1 aliphatic heterocycles. The van der Waals surface area contributed by atoms with Crippen LogP contribution >= 0.6 is 11.6 Å². The molecule has 1 aromatic carbocycles. The second-order valence-electron chi connectivity index (χ2n) is 12.0. The summed E-state index contributed by atoms with van der Waals surface area (Å²) in [7, 11) is 0. The molecule has 2 aliphatic rings. The molecular formula is C33H40ClF2N5O7. The quantitative estimate of drug-likeness (QED) is 0.191. The molecule has 15 heteroatoms. The number of rotatable bonds is 16. The zero-order chi connectivity index (χ0) is 34.8. The van der Waals surface area contributed by atoms with Gasteiger partial charge in [-0.3, -0.25) is 24.2 Å². The largest absolute Gasteiger partial charge is 0.450 e. The number of halogens is 3. The van der Waals surface area contributed by atoms with Gasteiger partial charge in [-0.1, -0.05) is 43.5 Å². The number of alkyl carbamates (subject to hydrolysis) is 1. The number of aromatic nitrogens is 1. The number of pyridine rings is 1. The van der Waals surface area contributed by atoms with Crippen LogP contribution in [0.3, 0.4) is 0 Å². The fourth-order valence-electron chi connectivity index (χ4n) is 5.42. The first-order valence-electron chi connectivity index (χ1n) is 16.0. The Morgan fingerprint density at radius 1 is 1.06 bits per heavy atom. The number of esters is 1. The van der Waals surface area contributed by atoms with E-state index in [1.165, 1.54) is 36.7 Å². The van der Waals surface area contributed by atoms with Crippen LogP contribution in [0.15, 0.2) is 48.8 Å². The van der Waals surface area contributed by atoms with Crippen LogP contribution in [0, 0.1) is 5.92 Å². The first-order chi connectivity index (χ1) is 22.9. The lowest BCUT2D eigenvalue weighted by Gasteiger charge is -2.31. The molecule has 4 amide bonds. The molecule has 4 rings (SSSR count). The number of nitrogens with zero attached hydrogens (tertiary/aromatic N) is 1. The lowest BCUT2D eigenvalue weighted by molar-refractivity contribution is -0.157. The second kappa shape index (κ2) is 16.7. The van der Waals surface area contributed by atoms with Crippen LogP contribution in [0.1, 0.15) is 76.0 Å². The van der Waals surface area contributed by atoms with E-state index >= 15 is 8.78 Å². The number of alkyl halides is 2. The van der Waals surface area contributed by atoms with Gasteiger partial charge in [-0.05, 0) is 56.4 Å². The topological polar surface area (TPSA) is 165 Å². The van der Waals surface area contributed by atoms with E-state index in [4.69, 9.17) is 21.1 Å². The second-order valence-corrected chi connectivity index (χ2v) is 12.4. The van der Waals surface area contributed by atoms with Gasteiger partial charge in [0.2, 0.25) is 11.8 Å². The van der Waals surface area contributed by atoms with Crippen LogP contribution in [0.5, 0.6) is 0 Å². The summed E-state index contributed by atoms with van der Waals surface area (Å²) in [4.78, 5) is 68.7. The Bertz CT molecular complexity index is 1460. The Kier molecular flexibility index (Phi) is 12.7. The van der Waals surface area contributed by atoms with Crippen LogP contribution in [-0.2, 0) is 34.6 Å². The smallest absolute Gasteiger partial charge is 0.408 e. The number of carbonyl (C=O) groups is 5. The molecule has 1 aromatic heterocycles. The molecule has 0 radical (unpaired) electrons. The van der Waals surface area contributed by atoms with E-state index < -0.39 is 65.6 Å². The van der Waals surface area contributed by atoms with E-state index in [9.17, 15) is 24.0 Å². The summed E-state index contributed by atoms with van der Waals surface area (Å²) in [6.07, 6.45) is 0.735. The Labute approximate surface area is 282 Å². The van der Waals surface area contributed by atoms with E-state index in [2.05, 4.69) is 26.3 Å². The number of nitrogens with one attached hydrogen (secondary N) is 4. The molecular weight excluding hydrogens is 652 g/mol. The highest BCUT2D eigenvalue weighted by molar-refractivity contribution is 6.30. The first kappa shape index (κ1) is 36.5. The van der Waals surface area contributed by atoms with Gasteiger partial charge >= 0.3 is 18.0 Å². The number of ether oxygens (including phenoxy) is 2. The van der Waals surface area contributed by atoms with Gasteiger partial charge in [0.15, 0.2) is 12.2 Å². The van der Waals surface area contributed by atoms with Gasteiger partial charge in [-0.25, -0.2) is 4.79 Å². The van der Waals surface area contributed by atoms with E-state index in [-0.39, 0.29) is 35.4 Å². The van der Waals surface area contributed by atoms with Crippen molar-refractivity contribution in [1.82, 2.24) is 26.3 Å². The van der Waals surface area contributed by atoms with E-state index in [1.54, 1.807) is 0 Å². The van der Waals surface area contributed by atoms with Crippen molar-refractivity contribution in [1.29, 1.82) is 0 Å². The molecule has 2 fully saturated rings. The molecule has 12 nitrogen and oxygen atoms in total. The number of hydrogen-bond acceptors (Lipinski definition) is 8. The summed E-state index contributed by atoms with van der Waals surface area (Å²) >= 11 is 5.98. The van der Waals surface area contributed by atoms with E-state index in [0.717, 1.165) is 31.9 Å². The number of amides is 4. The molecule has 5 atom stereocenters. The number of benzene rings is 1. The van der Waals surface area contributed by atoms with Crippen LogP contribution < -0.4 is 21.3 Å². The average Bonchev–Trinajstić information content (AvgIpc) is 3.78. The predicted molar refractivity (Wildman–Crippen MR) is 170 cm³/mol. The zero-order valence-electron chi connectivity index (χ0n) is 26.7. The molecule has 0 bridgehead atoms. The highest BCUT2D eigenvalue weighted by Gasteiger charge is 2.46. The summed E-state index contributed by atoms with van der Waals surface area (Å²) < 4.78 is 42.6.